The molecule has 0 saturated carbocycles. The smallest absolute Gasteiger partial charge is 0.261 e. The van der Waals surface area contributed by atoms with Crippen LogP contribution in [0.1, 0.15) is 34.5 Å². The van der Waals surface area contributed by atoms with Crippen molar-refractivity contribution in [2.24, 2.45) is 0 Å². The molecule has 3 aromatic rings. The van der Waals surface area contributed by atoms with Crippen LogP contribution in [-0.2, 0) is 6.42 Å². The van der Waals surface area contributed by atoms with Gasteiger partial charge in [-0.3, -0.25) is 10.1 Å². The van der Waals surface area contributed by atoms with Crippen molar-refractivity contribution in [3.63, 3.8) is 0 Å². The molecule has 6 heteroatoms. The van der Waals surface area contributed by atoms with E-state index in [4.69, 9.17) is 17.0 Å². The molecule has 1 atom stereocenters. The molecule has 0 aliphatic rings. The van der Waals surface area contributed by atoms with E-state index in [9.17, 15) is 4.79 Å². The van der Waals surface area contributed by atoms with Crippen molar-refractivity contribution in [1.29, 1.82) is 0 Å². The molecule has 154 valence electrons. The van der Waals surface area contributed by atoms with Gasteiger partial charge in [0.15, 0.2) is 5.11 Å². The van der Waals surface area contributed by atoms with Crippen molar-refractivity contribution >= 4 is 39.2 Å². The van der Waals surface area contributed by atoms with Gasteiger partial charge in [-0.05, 0) is 48.5 Å². The number of carbonyl (C=O) groups excluding carboxylic acids is 1. The Morgan fingerprint density at radius 2 is 1.70 bits per heavy atom. The number of amides is 1. The number of ether oxygens (including phenoxy) is 1. The van der Waals surface area contributed by atoms with Crippen molar-refractivity contribution in [1.82, 2.24) is 10.6 Å². The molecular formula is C24H23BrN2O2S. The SMILES string of the molecule is CC(NC(=S)NC(=O)c1cc(Br)ccc1OCCc1ccccc1)c1ccccc1. The summed E-state index contributed by atoms with van der Waals surface area (Å²) in [5, 5.41) is 6.17. The molecule has 30 heavy (non-hydrogen) atoms. The number of rotatable bonds is 7. The minimum absolute atomic E-state index is 0.0249. The summed E-state index contributed by atoms with van der Waals surface area (Å²) in [6.45, 7) is 2.46. The van der Waals surface area contributed by atoms with Gasteiger partial charge in [0.05, 0.1) is 18.2 Å². The van der Waals surface area contributed by atoms with Gasteiger partial charge in [0, 0.05) is 10.9 Å². The molecule has 1 amide bonds. The molecule has 0 fully saturated rings. The van der Waals surface area contributed by atoms with Gasteiger partial charge in [-0.1, -0.05) is 76.6 Å². The van der Waals surface area contributed by atoms with Gasteiger partial charge < -0.3 is 10.1 Å². The Morgan fingerprint density at radius 1 is 1.03 bits per heavy atom. The second-order valence-corrected chi connectivity index (χ2v) is 8.11. The number of hydrogen-bond acceptors (Lipinski definition) is 3. The van der Waals surface area contributed by atoms with Crippen LogP contribution in [0.15, 0.2) is 83.3 Å². The summed E-state index contributed by atoms with van der Waals surface area (Å²) in [4.78, 5) is 12.8. The van der Waals surface area contributed by atoms with Crippen LogP contribution in [0.2, 0.25) is 0 Å². The van der Waals surface area contributed by atoms with Crippen LogP contribution in [0.25, 0.3) is 0 Å². The highest BCUT2D eigenvalue weighted by molar-refractivity contribution is 9.10. The van der Waals surface area contributed by atoms with Crippen LogP contribution in [0.5, 0.6) is 5.75 Å². The Hall–Kier alpha value is -2.70. The lowest BCUT2D eigenvalue weighted by Gasteiger charge is -2.17. The predicted molar refractivity (Wildman–Crippen MR) is 128 cm³/mol. The van der Waals surface area contributed by atoms with E-state index in [0.717, 1.165) is 16.5 Å². The van der Waals surface area contributed by atoms with Crippen molar-refractivity contribution in [3.8, 4) is 5.75 Å². The lowest BCUT2D eigenvalue weighted by atomic mass is 10.1. The first-order valence-electron chi connectivity index (χ1n) is 9.66. The monoisotopic (exact) mass is 482 g/mol. The standard InChI is InChI=1S/C24H23BrN2O2S/c1-17(19-10-6-3-7-11-19)26-24(30)27-23(28)21-16-20(25)12-13-22(21)29-15-14-18-8-4-2-5-9-18/h2-13,16-17H,14-15H2,1H3,(H2,26,27,28,30). The van der Waals surface area contributed by atoms with Crippen molar-refractivity contribution in [2.45, 2.75) is 19.4 Å². The highest BCUT2D eigenvalue weighted by Crippen LogP contribution is 2.23. The summed E-state index contributed by atoms with van der Waals surface area (Å²) in [5.41, 5.74) is 2.69. The number of nitrogens with one attached hydrogen (secondary N) is 2. The van der Waals surface area contributed by atoms with Crippen LogP contribution >= 0.6 is 28.1 Å². The van der Waals surface area contributed by atoms with Gasteiger partial charge >= 0.3 is 0 Å². The third-order valence-electron chi connectivity index (χ3n) is 4.55. The third-order valence-corrected chi connectivity index (χ3v) is 5.26. The van der Waals surface area contributed by atoms with E-state index in [1.807, 2.05) is 61.5 Å². The highest BCUT2D eigenvalue weighted by atomic mass is 79.9. The molecule has 0 aliphatic heterocycles. The molecule has 0 spiro atoms. The molecule has 3 aromatic carbocycles. The molecule has 0 heterocycles. The van der Waals surface area contributed by atoms with Crippen molar-refractivity contribution in [3.05, 3.63) is 100 Å². The fourth-order valence-electron chi connectivity index (χ4n) is 2.96. The average Bonchev–Trinajstić information content (AvgIpc) is 2.76. The van der Waals surface area contributed by atoms with E-state index >= 15 is 0 Å². The summed E-state index contributed by atoms with van der Waals surface area (Å²) < 4.78 is 6.70. The van der Waals surface area contributed by atoms with Gasteiger partial charge in [0.1, 0.15) is 5.75 Å². The van der Waals surface area contributed by atoms with Gasteiger partial charge in [-0.15, -0.1) is 0 Å². The number of thiocarbonyl (C=S) groups is 1. The molecule has 0 aliphatic carbocycles. The number of benzene rings is 3. The zero-order valence-corrected chi connectivity index (χ0v) is 19.0. The zero-order valence-electron chi connectivity index (χ0n) is 16.6. The number of halogens is 1. The molecule has 1 unspecified atom stereocenters. The molecule has 0 radical (unpaired) electrons. The maximum absolute atomic E-state index is 12.8. The fourth-order valence-corrected chi connectivity index (χ4v) is 3.59. The molecule has 2 N–H and O–H groups in total. The first-order chi connectivity index (χ1) is 14.5. The maximum Gasteiger partial charge on any atom is 0.261 e. The second kappa shape index (κ2) is 10.9. The first-order valence-corrected chi connectivity index (χ1v) is 10.9. The normalized spacial score (nSPS) is 11.4. The minimum atomic E-state index is -0.316. The quantitative estimate of drug-likeness (QED) is 0.440. The fraction of sp³-hybridized carbons (Fsp3) is 0.167. The summed E-state index contributed by atoms with van der Waals surface area (Å²) in [6.07, 6.45) is 0.756. The summed E-state index contributed by atoms with van der Waals surface area (Å²) in [6, 6.07) is 25.3. The van der Waals surface area contributed by atoms with Crippen molar-refractivity contribution < 1.29 is 9.53 Å². The van der Waals surface area contributed by atoms with E-state index in [-0.39, 0.29) is 17.1 Å². The van der Waals surface area contributed by atoms with Gasteiger partial charge in [-0.2, -0.15) is 0 Å². The summed E-state index contributed by atoms with van der Waals surface area (Å²) in [5.74, 6) is 0.203. The lowest BCUT2D eigenvalue weighted by molar-refractivity contribution is 0.0972. The van der Waals surface area contributed by atoms with Crippen molar-refractivity contribution in [2.75, 3.05) is 6.61 Å². The highest BCUT2D eigenvalue weighted by Gasteiger charge is 2.16. The topological polar surface area (TPSA) is 50.4 Å². The maximum atomic E-state index is 12.8. The lowest BCUT2D eigenvalue weighted by Crippen LogP contribution is -2.40. The van der Waals surface area contributed by atoms with Gasteiger partial charge in [0.2, 0.25) is 0 Å². The Bertz CT molecular complexity index is 997. The third kappa shape index (κ3) is 6.40. The van der Waals surface area contributed by atoms with Crippen LogP contribution < -0.4 is 15.4 Å². The van der Waals surface area contributed by atoms with E-state index < -0.39 is 0 Å². The predicted octanol–water partition coefficient (Wildman–Crippen LogP) is 5.44. The van der Waals surface area contributed by atoms with Crippen LogP contribution in [-0.4, -0.2) is 17.6 Å². The zero-order chi connectivity index (χ0) is 21.3. The van der Waals surface area contributed by atoms with E-state index in [1.54, 1.807) is 12.1 Å². The molecule has 0 saturated heterocycles. The summed E-state index contributed by atoms with van der Waals surface area (Å²) in [7, 11) is 0. The van der Waals surface area contributed by atoms with Crippen LogP contribution in [0, 0.1) is 0 Å². The Morgan fingerprint density at radius 3 is 2.40 bits per heavy atom. The Labute approximate surface area is 190 Å². The molecule has 3 rings (SSSR count). The second-order valence-electron chi connectivity index (χ2n) is 6.78. The van der Waals surface area contributed by atoms with Gasteiger partial charge in [0.25, 0.3) is 5.91 Å². The number of carbonyl (C=O) groups is 1. The Kier molecular flexibility index (Phi) is 7.99. The van der Waals surface area contributed by atoms with E-state index in [2.05, 4.69) is 38.7 Å². The van der Waals surface area contributed by atoms with Crippen LogP contribution in [0.4, 0.5) is 0 Å². The molecular weight excluding hydrogens is 460 g/mol. The van der Waals surface area contributed by atoms with E-state index in [0.29, 0.717) is 17.9 Å². The molecule has 0 aromatic heterocycles. The minimum Gasteiger partial charge on any atom is -0.492 e. The Balaban J connectivity index is 1.61. The average molecular weight is 483 g/mol. The molecule has 4 nitrogen and oxygen atoms in total. The largest absolute Gasteiger partial charge is 0.492 e. The number of hydrogen-bond donors (Lipinski definition) is 2. The first kappa shape index (κ1) is 22.0. The van der Waals surface area contributed by atoms with Crippen LogP contribution in [0.3, 0.4) is 0 Å². The summed E-state index contributed by atoms with van der Waals surface area (Å²) >= 11 is 8.76. The van der Waals surface area contributed by atoms with E-state index in [1.165, 1.54) is 5.56 Å². The molecule has 0 bridgehead atoms. The van der Waals surface area contributed by atoms with Gasteiger partial charge in [-0.25, -0.2) is 0 Å².